The van der Waals surface area contributed by atoms with Crippen LogP contribution in [0.3, 0.4) is 0 Å². The Kier molecular flexibility index (Phi) is 4.14. The molecular weight excluding hydrogens is 406 g/mol. The van der Waals surface area contributed by atoms with Crippen molar-refractivity contribution < 1.29 is 0 Å². The molecule has 0 unspecified atom stereocenters. The molecule has 0 spiro atoms. The summed E-state index contributed by atoms with van der Waals surface area (Å²) in [6, 6.07) is 24.3. The SMILES string of the molecule is Clc1cccc(-n2cc(C(c3c[nH]c4ccccc34)c3c[nH]c4ccccc34)nn2)c1. The average Bonchev–Trinajstić information content (AvgIpc) is 3.54. The first kappa shape index (κ1) is 18.0. The fourth-order valence-electron chi connectivity index (χ4n) is 4.31. The molecular formula is C25H18ClN5. The highest BCUT2D eigenvalue weighted by atomic mass is 35.5. The molecule has 6 aromatic rings. The number of nitrogens with zero attached hydrogens (tertiary/aromatic N) is 3. The molecule has 31 heavy (non-hydrogen) atoms. The maximum atomic E-state index is 6.19. The lowest BCUT2D eigenvalue weighted by Gasteiger charge is -2.14. The van der Waals surface area contributed by atoms with E-state index < -0.39 is 0 Å². The summed E-state index contributed by atoms with van der Waals surface area (Å²) in [6.07, 6.45) is 6.14. The number of benzene rings is 3. The second-order valence-electron chi connectivity index (χ2n) is 7.58. The summed E-state index contributed by atoms with van der Waals surface area (Å²) in [4.78, 5) is 6.82. The number of para-hydroxylation sites is 2. The Labute approximate surface area is 183 Å². The molecule has 0 aliphatic carbocycles. The maximum absolute atomic E-state index is 6.19. The predicted molar refractivity (Wildman–Crippen MR) is 124 cm³/mol. The Bertz CT molecular complexity index is 1450. The van der Waals surface area contributed by atoms with Gasteiger partial charge in [0.1, 0.15) is 0 Å². The minimum atomic E-state index is -0.0831. The van der Waals surface area contributed by atoms with Gasteiger partial charge in [-0.05, 0) is 41.5 Å². The molecule has 6 rings (SSSR count). The van der Waals surface area contributed by atoms with E-state index in [1.165, 1.54) is 21.9 Å². The van der Waals surface area contributed by atoms with E-state index in [0.717, 1.165) is 22.4 Å². The number of H-pyrrole nitrogens is 2. The molecule has 2 N–H and O–H groups in total. The van der Waals surface area contributed by atoms with Crippen LogP contribution in [0.15, 0.2) is 91.4 Å². The zero-order valence-electron chi connectivity index (χ0n) is 16.5. The van der Waals surface area contributed by atoms with E-state index in [1.807, 2.05) is 42.6 Å². The molecule has 0 aliphatic rings. The third kappa shape index (κ3) is 3.02. The molecule has 150 valence electrons. The van der Waals surface area contributed by atoms with Crippen LogP contribution in [0.4, 0.5) is 0 Å². The minimum absolute atomic E-state index is 0.0831. The lowest BCUT2D eigenvalue weighted by Crippen LogP contribution is -2.03. The molecule has 0 fully saturated rings. The summed E-state index contributed by atoms with van der Waals surface area (Å²) in [5.74, 6) is -0.0831. The Morgan fingerprint density at radius 1 is 0.774 bits per heavy atom. The van der Waals surface area contributed by atoms with Crippen LogP contribution in [0.1, 0.15) is 22.7 Å². The monoisotopic (exact) mass is 423 g/mol. The van der Waals surface area contributed by atoms with Gasteiger partial charge in [0.15, 0.2) is 0 Å². The molecule has 0 saturated carbocycles. The van der Waals surface area contributed by atoms with E-state index >= 15 is 0 Å². The second-order valence-corrected chi connectivity index (χ2v) is 8.02. The highest BCUT2D eigenvalue weighted by Crippen LogP contribution is 2.38. The summed E-state index contributed by atoms with van der Waals surface area (Å²) in [5, 5.41) is 12.0. The number of nitrogens with one attached hydrogen (secondary N) is 2. The van der Waals surface area contributed by atoms with Gasteiger partial charge in [-0.15, -0.1) is 5.10 Å². The number of hydrogen-bond acceptors (Lipinski definition) is 2. The Balaban J connectivity index is 1.56. The van der Waals surface area contributed by atoms with Crippen LogP contribution in [0.2, 0.25) is 5.02 Å². The van der Waals surface area contributed by atoms with Crippen LogP contribution in [-0.4, -0.2) is 25.0 Å². The topological polar surface area (TPSA) is 62.3 Å². The van der Waals surface area contributed by atoms with E-state index in [4.69, 9.17) is 11.6 Å². The second kappa shape index (κ2) is 7.15. The van der Waals surface area contributed by atoms with Crippen molar-refractivity contribution in [3.05, 3.63) is 113 Å². The molecule has 6 heteroatoms. The van der Waals surface area contributed by atoms with Crippen molar-refractivity contribution in [2.75, 3.05) is 0 Å². The molecule has 3 heterocycles. The number of hydrogen-bond donors (Lipinski definition) is 2. The Morgan fingerprint density at radius 3 is 2.06 bits per heavy atom. The van der Waals surface area contributed by atoms with Gasteiger partial charge < -0.3 is 9.97 Å². The fourth-order valence-corrected chi connectivity index (χ4v) is 4.49. The summed E-state index contributed by atoms with van der Waals surface area (Å²) in [5.41, 5.74) is 6.28. The lowest BCUT2D eigenvalue weighted by molar-refractivity contribution is 0.794. The van der Waals surface area contributed by atoms with Gasteiger partial charge in [-0.1, -0.05) is 59.3 Å². The van der Waals surface area contributed by atoms with Crippen molar-refractivity contribution in [3.63, 3.8) is 0 Å². The van der Waals surface area contributed by atoms with Gasteiger partial charge in [0.25, 0.3) is 0 Å². The van der Waals surface area contributed by atoms with E-state index in [9.17, 15) is 0 Å². The van der Waals surface area contributed by atoms with Gasteiger partial charge in [-0.2, -0.15) is 0 Å². The van der Waals surface area contributed by atoms with Crippen LogP contribution in [-0.2, 0) is 0 Å². The molecule has 0 bridgehead atoms. The number of rotatable bonds is 4. The number of halogens is 1. The Hall–Kier alpha value is -3.83. The highest BCUT2D eigenvalue weighted by Gasteiger charge is 2.26. The first-order chi connectivity index (χ1) is 15.3. The van der Waals surface area contributed by atoms with Gasteiger partial charge in [0.05, 0.1) is 23.5 Å². The number of aromatic amines is 2. The Morgan fingerprint density at radius 2 is 1.42 bits per heavy atom. The molecule has 0 amide bonds. The summed E-state index contributed by atoms with van der Waals surface area (Å²) < 4.78 is 1.78. The normalized spacial score (nSPS) is 11.7. The lowest BCUT2D eigenvalue weighted by atomic mass is 9.88. The summed E-state index contributed by atoms with van der Waals surface area (Å²) in [7, 11) is 0. The van der Waals surface area contributed by atoms with Gasteiger partial charge in [0, 0.05) is 39.2 Å². The van der Waals surface area contributed by atoms with Crippen molar-refractivity contribution in [1.29, 1.82) is 0 Å². The summed E-state index contributed by atoms with van der Waals surface area (Å²) in [6.45, 7) is 0. The van der Waals surface area contributed by atoms with Crippen molar-refractivity contribution in [3.8, 4) is 5.69 Å². The van der Waals surface area contributed by atoms with Crippen LogP contribution in [0.25, 0.3) is 27.5 Å². The van der Waals surface area contributed by atoms with E-state index in [2.05, 4.69) is 69.1 Å². The van der Waals surface area contributed by atoms with Gasteiger partial charge in [-0.25, -0.2) is 4.68 Å². The quantitative estimate of drug-likeness (QED) is 0.362. The van der Waals surface area contributed by atoms with Crippen LogP contribution < -0.4 is 0 Å². The largest absolute Gasteiger partial charge is 0.361 e. The fraction of sp³-hybridized carbons (Fsp3) is 0.0400. The van der Waals surface area contributed by atoms with Crippen LogP contribution in [0.5, 0.6) is 0 Å². The highest BCUT2D eigenvalue weighted by molar-refractivity contribution is 6.30. The number of aromatic nitrogens is 5. The molecule has 3 aromatic heterocycles. The van der Waals surface area contributed by atoms with Crippen molar-refractivity contribution in [1.82, 2.24) is 25.0 Å². The molecule has 3 aromatic carbocycles. The maximum Gasteiger partial charge on any atom is 0.0952 e. The zero-order chi connectivity index (χ0) is 20.8. The van der Waals surface area contributed by atoms with E-state index in [1.54, 1.807) is 4.68 Å². The first-order valence-electron chi connectivity index (χ1n) is 10.1. The minimum Gasteiger partial charge on any atom is -0.361 e. The molecule has 0 saturated heterocycles. The standard InChI is InChI=1S/C25H18ClN5/c26-16-6-5-7-17(12-16)31-15-24(29-30-31)25(20-13-27-22-10-3-1-8-18(20)22)21-14-28-23-11-4-2-9-19(21)23/h1-15,25,27-28H. The summed E-state index contributed by atoms with van der Waals surface area (Å²) >= 11 is 6.19. The van der Waals surface area contributed by atoms with Gasteiger partial charge in [0.2, 0.25) is 0 Å². The number of fused-ring (bicyclic) bond motifs is 2. The molecule has 0 radical (unpaired) electrons. The first-order valence-corrected chi connectivity index (χ1v) is 10.5. The molecule has 0 atom stereocenters. The van der Waals surface area contributed by atoms with Gasteiger partial charge >= 0.3 is 0 Å². The zero-order valence-corrected chi connectivity index (χ0v) is 17.2. The van der Waals surface area contributed by atoms with E-state index in [0.29, 0.717) is 5.02 Å². The van der Waals surface area contributed by atoms with Crippen molar-refractivity contribution in [2.24, 2.45) is 0 Å². The average molecular weight is 424 g/mol. The third-order valence-electron chi connectivity index (χ3n) is 5.74. The predicted octanol–water partition coefficient (Wildman–Crippen LogP) is 6.06. The van der Waals surface area contributed by atoms with Crippen molar-refractivity contribution in [2.45, 2.75) is 5.92 Å². The third-order valence-corrected chi connectivity index (χ3v) is 5.98. The van der Waals surface area contributed by atoms with E-state index in [-0.39, 0.29) is 5.92 Å². The van der Waals surface area contributed by atoms with Gasteiger partial charge in [-0.3, -0.25) is 0 Å². The van der Waals surface area contributed by atoms with Crippen LogP contribution >= 0.6 is 11.6 Å². The molecule has 5 nitrogen and oxygen atoms in total. The van der Waals surface area contributed by atoms with Crippen LogP contribution in [0, 0.1) is 0 Å². The molecule has 0 aliphatic heterocycles. The smallest absolute Gasteiger partial charge is 0.0952 e. The van der Waals surface area contributed by atoms with Crippen molar-refractivity contribution >= 4 is 33.4 Å².